The van der Waals surface area contributed by atoms with E-state index < -0.39 is 0 Å². The molecule has 3 rings (SSSR count). The molecule has 180 valence electrons. The zero-order valence-corrected chi connectivity index (χ0v) is 21.8. The van der Waals surface area contributed by atoms with Gasteiger partial charge in [0, 0.05) is 38.9 Å². The van der Waals surface area contributed by atoms with Gasteiger partial charge in [0.2, 0.25) is 5.88 Å². The molecule has 1 aromatic heterocycles. The number of esters is 1. The Morgan fingerprint density at radius 1 is 1.12 bits per heavy atom. The van der Waals surface area contributed by atoms with Crippen molar-refractivity contribution in [2.45, 2.75) is 33.2 Å². The van der Waals surface area contributed by atoms with E-state index >= 15 is 0 Å². The van der Waals surface area contributed by atoms with Crippen LogP contribution in [-0.2, 0) is 16.1 Å². The van der Waals surface area contributed by atoms with E-state index in [0.717, 1.165) is 43.2 Å². The smallest absolute Gasteiger partial charge is 0.309 e. The van der Waals surface area contributed by atoms with Gasteiger partial charge < -0.3 is 24.4 Å². The predicted molar refractivity (Wildman–Crippen MR) is 138 cm³/mol. The van der Waals surface area contributed by atoms with E-state index in [1.165, 1.54) is 0 Å². The number of halogens is 1. The molecule has 0 bridgehead atoms. The molecule has 0 unspecified atom stereocenters. The van der Waals surface area contributed by atoms with Gasteiger partial charge >= 0.3 is 5.97 Å². The first kappa shape index (κ1) is 26.7. The van der Waals surface area contributed by atoms with Crippen LogP contribution in [0.1, 0.15) is 32.3 Å². The molecule has 1 aliphatic heterocycles. The summed E-state index contributed by atoms with van der Waals surface area (Å²) in [6.45, 7) is 6.98. The lowest BCUT2D eigenvalue weighted by Crippen LogP contribution is -2.46. The fraction of sp³-hybridized carbons (Fsp3) is 0.458. The van der Waals surface area contributed by atoms with Gasteiger partial charge in [-0.15, -0.1) is 24.0 Å². The fourth-order valence-electron chi connectivity index (χ4n) is 3.61. The lowest BCUT2D eigenvalue weighted by atomic mass is 9.97. The van der Waals surface area contributed by atoms with E-state index in [4.69, 9.17) is 14.2 Å². The molecule has 1 N–H and O–H groups in total. The second kappa shape index (κ2) is 13.9. The normalized spacial score (nSPS) is 14.3. The summed E-state index contributed by atoms with van der Waals surface area (Å²) in [5.41, 5.74) is 1.03. The lowest BCUT2D eigenvalue weighted by molar-refractivity contribution is -0.149. The monoisotopic (exact) mass is 568 g/mol. The summed E-state index contributed by atoms with van der Waals surface area (Å²) in [6, 6.07) is 11.3. The van der Waals surface area contributed by atoms with Crippen molar-refractivity contribution in [2.24, 2.45) is 10.9 Å². The second-order valence-electron chi connectivity index (χ2n) is 7.42. The summed E-state index contributed by atoms with van der Waals surface area (Å²) < 4.78 is 16.5. The molecule has 1 saturated heterocycles. The van der Waals surface area contributed by atoms with E-state index in [1.807, 2.05) is 50.2 Å². The largest absolute Gasteiger partial charge is 0.494 e. The summed E-state index contributed by atoms with van der Waals surface area (Å²) in [5, 5.41) is 3.40. The number of carbonyl (C=O) groups is 1. The SMILES string of the molecule is CCOC(=O)C1CCN(C(=NC)NCc2ccnc(Oc3ccc(OCC)cc3)c2)CC1.I. The molecule has 2 aromatic rings. The molecule has 0 radical (unpaired) electrons. The number of benzene rings is 1. The fourth-order valence-corrected chi connectivity index (χ4v) is 3.61. The van der Waals surface area contributed by atoms with Crippen LogP contribution in [0.4, 0.5) is 0 Å². The van der Waals surface area contributed by atoms with Gasteiger partial charge in [-0.25, -0.2) is 4.98 Å². The quantitative estimate of drug-likeness (QED) is 0.221. The van der Waals surface area contributed by atoms with Crippen molar-refractivity contribution in [1.82, 2.24) is 15.2 Å². The highest BCUT2D eigenvalue weighted by atomic mass is 127. The number of hydrogen-bond donors (Lipinski definition) is 1. The molecule has 33 heavy (non-hydrogen) atoms. The minimum atomic E-state index is -0.0908. The molecule has 2 heterocycles. The Balaban J connectivity index is 0.00000385. The molecule has 0 atom stereocenters. The van der Waals surface area contributed by atoms with Crippen LogP contribution in [0.3, 0.4) is 0 Å². The van der Waals surface area contributed by atoms with Gasteiger partial charge in [-0.3, -0.25) is 9.79 Å². The number of nitrogens with one attached hydrogen (secondary N) is 1. The highest BCUT2D eigenvalue weighted by Crippen LogP contribution is 2.23. The molecule has 1 fully saturated rings. The van der Waals surface area contributed by atoms with Gasteiger partial charge in [-0.2, -0.15) is 0 Å². The highest BCUT2D eigenvalue weighted by Gasteiger charge is 2.27. The first-order valence-electron chi connectivity index (χ1n) is 11.1. The summed E-state index contributed by atoms with van der Waals surface area (Å²) in [7, 11) is 1.77. The predicted octanol–water partition coefficient (Wildman–Crippen LogP) is 4.24. The van der Waals surface area contributed by atoms with Crippen molar-refractivity contribution >= 4 is 35.9 Å². The topological polar surface area (TPSA) is 85.3 Å². The number of carbonyl (C=O) groups excluding carboxylic acids is 1. The van der Waals surface area contributed by atoms with Crippen LogP contribution in [0.5, 0.6) is 17.4 Å². The summed E-state index contributed by atoms with van der Waals surface area (Å²) in [5.74, 6) is 2.74. The molecular weight excluding hydrogens is 535 g/mol. The number of pyridine rings is 1. The van der Waals surface area contributed by atoms with Crippen LogP contribution in [-0.4, -0.2) is 55.2 Å². The number of aromatic nitrogens is 1. The molecule has 0 saturated carbocycles. The van der Waals surface area contributed by atoms with Crippen LogP contribution in [0.15, 0.2) is 47.6 Å². The number of ether oxygens (including phenoxy) is 3. The van der Waals surface area contributed by atoms with E-state index in [9.17, 15) is 4.79 Å². The standard InChI is InChI=1S/C24H32N4O4.HI/c1-4-30-20-6-8-21(9-7-20)32-22-16-18(10-13-26-22)17-27-24(25-3)28-14-11-19(12-15-28)23(29)31-5-2;/h6-10,13,16,19H,4-5,11-12,14-15,17H2,1-3H3,(H,25,27);1H. The van der Waals surface area contributed by atoms with Gasteiger partial charge in [-0.05, 0) is 62.6 Å². The minimum Gasteiger partial charge on any atom is -0.494 e. The third kappa shape index (κ3) is 8.06. The number of aliphatic imine (C=N–C) groups is 1. The Bertz CT molecular complexity index is 900. The number of guanidine groups is 1. The third-order valence-corrected chi connectivity index (χ3v) is 5.23. The molecular formula is C24H33IN4O4. The average Bonchev–Trinajstić information content (AvgIpc) is 2.82. The number of hydrogen-bond acceptors (Lipinski definition) is 6. The Labute approximate surface area is 212 Å². The van der Waals surface area contributed by atoms with Gasteiger partial charge in [0.15, 0.2) is 5.96 Å². The van der Waals surface area contributed by atoms with Crippen molar-refractivity contribution in [3.05, 3.63) is 48.2 Å². The molecule has 0 amide bonds. The number of piperidine rings is 1. The molecule has 0 aliphatic carbocycles. The lowest BCUT2D eigenvalue weighted by Gasteiger charge is -2.33. The Hall–Kier alpha value is -2.56. The van der Waals surface area contributed by atoms with E-state index in [-0.39, 0.29) is 35.9 Å². The number of rotatable bonds is 8. The van der Waals surface area contributed by atoms with Crippen molar-refractivity contribution in [1.29, 1.82) is 0 Å². The Morgan fingerprint density at radius 2 is 1.82 bits per heavy atom. The number of nitrogens with zero attached hydrogens (tertiary/aromatic N) is 3. The van der Waals surface area contributed by atoms with Crippen LogP contribution in [0.25, 0.3) is 0 Å². The van der Waals surface area contributed by atoms with Crippen LogP contribution >= 0.6 is 24.0 Å². The maximum Gasteiger partial charge on any atom is 0.309 e. The van der Waals surface area contributed by atoms with Crippen molar-refractivity contribution in [3.8, 4) is 17.4 Å². The Kier molecular flexibility index (Phi) is 11.2. The number of likely N-dealkylation sites (tertiary alicyclic amines) is 1. The van der Waals surface area contributed by atoms with Crippen molar-refractivity contribution < 1.29 is 19.0 Å². The molecule has 0 spiro atoms. The average molecular weight is 568 g/mol. The molecule has 1 aromatic carbocycles. The molecule has 1 aliphatic rings. The zero-order chi connectivity index (χ0) is 22.8. The highest BCUT2D eigenvalue weighted by molar-refractivity contribution is 14.0. The summed E-state index contributed by atoms with van der Waals surface area (Å²) >= 11 is 0. The first-order chi connectivity index (χ1) is 15.6. The molecule has 8 nitrogen and oxygen atoms in total. The third-order valence-electron chi connectivity index (χ3n) is 5.23. The van der Waals surface area contributed by atoms with E-state index in [2.05, 4.69) is 20.2 Å². The van der Waals surface area contributed by atoms with Crippen molar-refractivity contribution in [3.63, 3.8) is 0 Å². The van der Waals surface area contributed by atoms with Gasteiger partial charge in [0.1, 0.15) is 11.5 Å². The maximum atomic E-state index is 12.0. The van der Waals surface area contributed by atoms with E-state index in [1.54, 1.807) is 13.2 Å². The molecule has 9 heteroatoms. The minimum absolute atomic E-state index is 0. The van der Waals surface area contributed by atoms with Gasteiger partial charge in [0.05, 0.1) is 19.1 Å². The first-order valence-corrected chi connectivity index (χ1v) is 11.1. The Morgan fingerprint density at radius 3 is 2.45 bits per heavy atom. The van der Waals surface area contributed by atoms with Gasteiger partial charge in [0.25, 0.3) is 0 Å². The van der Waals surface area contributed by atoms with E-state index in [0.29, 0.717) is 31.4 Å². The second-order valence-corrected chi connectivity index (χ2v) is 7.42. The maximum absolute atomic E-state index is 12.0. The zero-order valence-electron chi connectivity index (χ0n) is 19.5. The van der Waals surface area contributed by atoms with Gasteiger partial charge in [-0.1, -0.05) is 0 Å². The van der Waals surface area contributed by atoms with Crippen molar-refractivity contribution in [2.75, 3.05) is 33.4 Å². The van der Waals surface area contributed by atoms with Crippen LogP contribution in [0.2, 0.25) is 0 Å². The van der Waals surface area contributed by atoms with Crippen LogP contribution < -0.4 is 14.8 Å². The van der Waals surface area contributed by atoms with Crippen LogP contribution in [0, 0.1) is 5.92 Å². The summed E-state index contributed by atoms with van der Waals surface area (Å²) in [4.78, 5) is 22.8. The summed E-state index contributed by atoms with van der Waals surface area (Å²) in [6.07, 6.45) is 3.28.